The van der Waals surface area contributed by atoms with Gasteiger partial charge in [0.25, 0.3) is 0 Å². The molecule has 0 N–H and O–H groups in total. The van der Waals surface area contributed by atoms with E-state index in [0.29, 0.717) is 5.92 Å². The molecule has 2 nitrogen and oxygen atoms in total. The third-order valence-electron chi connectivity index (χ3n) is 5.28. The number of pyridine rings is 2. The Bertz CT molecular complexity index is 1110. The van der Waals surface area contributed by atoms with Crippen LogP contribution in [0.15, 0.2) is 66.9 Å². The second-order valence-electron chi connectivity index (χ2n) is 8.54. The molecule has 1 unspecified atom stereocenters. The fourth-order valence-electron chi connectivity index (χ4n) is 3.52. The highest BCUT2D eigenvalue weighted by atomic mass is 14.7. The molecule has 1 atom stereocenters. The fraction of sp³-hybridized carbons (Fsp3) is 0.280. The summed E-state index contributed by atoms with van der Waals surface area (Å²) in [5, 5.41) is 2.40. The highest BCUT2D eigenvalue weighted by molar-refractivity contribution is 5.80. The summed E-state index contributed by atoms with van der Waals surface area (Å²) in [5.41, 5.74) is 5.98. The van der Waals surface area contributed by atoms with Gasteiger partial charge in [-0.05, 0) is 47.2 Å². The molecule has 2 aromatic carbocycles. The van der Waals surface area contributed by atoms with Gasteiger partial charge in [0.2, 0.25) is 0 Å². The smallest absolute Gasteiger partial charge is 0.0705 e. The van der Waals surface area contributed by atoms with Crippen LogP contribution < -0.4 is 0 Å². The minimum atomic E-state index is 0.121. The van der Waals surface area contributed by atoms with Crippen molar-refractivity contribution < 1.29 is 0 Å². The second-order valence-corrected chi connectivity index (χ2v) is 8.54. The third kappa shape index (κ3) is 3.71. The molecule has 0 radical (unpaired) electrons. The van der Waals surface area contributed by atoms with E-state index in [1.165, 1.54) is 21.9 Å². The summed E-state index contributed by atoms with van der Waals surface area (Å²) >= 11 is 0. The first-order chi connectivity index (χ1) is 12.9. The average molecular weight is 354 g/mol. The summed E-state index contributed by atoms with van der Waals surface area (Å²) in [7, 11) is 0. The van der Waals surface area contributed by atoms with Crippen LogP contribution in [0.4, 0.5) is 0 Å². The van der Waals surface area contributed by atoms with E-state index in [1.807, 2.05) is 12.3 Å². The number of benzene rings is 2. The Balaban J connectivity index is 1.60. The van der Waals surface area contributed by atoms with Crippen LogP contribution in [-0.2, 0) is 11.8 Å². The number of aromatic nitrogens is 2. The second kappa shape index (κ2) is 6.77. The van der Waals surface area contributed by atoms with Crippen molar-refractivity contribution in [3.63, 3.8) is 0 Å². The van der Waals surface area contributed by atoms with Gasteiger partial charge >= 0.3 is 0 Å². The first-order valence-electron chi connectivity index (χ1n) is 9.65. The highest BCUT2D eigenvalue weighted by Gasteiger charge is 2.15. The zero-order valence-electron chi connectivity index (χ0n) is 16.5. The van der Waals surface area contributed by atoms with Crippen molar-refractivity contribution in [1.29, 1.82) is 0 Å². The van der Waals surface area contributed by atoms with E-state index in [-0.39, 0.29) is 5.41 Å². The van der Waals surface area contributed by atoms with Gasteiger partial charge in [-0.15, -0.1) is 0 Å². The molecule has 0 fully saturated rings. The minimum absolute atomic E-state index is 0.121. The first-order valence-corrected chi connectivity index (χ1v) is 9.65. The van der Waals surface area contributed by atoms with E-state index in [1.54, 1.807) is 0 Å². The highest BCUT2D eigenvalue weighted by Crippen LogP contribution is 2.27. The quantitative estimate of drug-likeness (QED) is 0.424. The monoisotopic (exact) mass is 354 g/mol. The summed E-state index contributed by atoms with van der Waals surface area (Å²) < 4.78 is 0. The molecule has 2 heteroatoms. The SMILES string of the molecule is CC(Cc1ccc2cc(C(C)(C)C)cnc2c1)c1ccc2ccccc2n1. The first kappa shape index (κ1) is 17.7. The Kier molecular flexibility index (Phi) is 4.43. The van der Waals surface area contributed by atoms with Crippen molar-refractivity contribution in [1.82, 2.24) is 9.97 Å². The molecular weight excluding hydrogens is 328 g/mol. The minimum Gasteiger partial charge on any atom is -0.256 e. The van der Waals surface area contributed by atoms with Gasteiger partial charge in [0, 0.05) is 28.6 Å². The molecule has 0 aliphatic carbocycles. The maximum Gasteiger partial charge on any atom is 0.0705 e. The largest absolute Gasteiger partial charge is 0.256 e. The van der Waals surface area contributed by atoms with Gasteiger partial charge in [-0.2, -0.15) is 0 Å². The molecule has 0 saturated carbocycles. The van der Waals surface area contributed by atoms with Gasteiger partial charge in [-0.25, -0.2) is 0 Å². The van der Waals surface area contributed by atoms with Crippen molar-refractivity contribution in [2.75, 3.05) is 0 Å². The van der Waals surface area contributed by atoms with Crippen LogP contribution in [0.3, 0.4) is 0 Å². The molecule has 136 valence electrons. The van der Waals surface area contributed by atoms with E-state index in [0.717, 1.165) is 23.1 Å². The molecule has 0 spiro atoms. The van der Waals surface area contributed by atoms with E-state index in [4.69, 9.17) is 9.97 Å². The van der Waals surface area contributed by atoms with Crippen LogP contribution in [0.2, 0.25) is 0 Å². The number of fused-ring (bicyclic) bond motifs is 2. The lowest BCUT2D eigenvalue weighted by atomic mass is 9.87. The lowest BCUT2D eigenvalue weighted by Gasteiger charge is -2.19. The number of nitrogens with zero attached hydrogens (tertiary/aromatic N) is 2. The van der Waals surface area contributed by atoms with Crippen molar-refractivity contribution in [3.05, 3.63) is 83.7 Å². The van der Waals surface area contributed by atoms with E-state index in [2.05, 4.69) is 82.3 Å². The topological polar surface area (TPSA) is 25.8 Å². The van der Waals surface area contributed by atoms with Crippen LogP contribution in [0.25, 0.3) is 21.8 Å². The van der Waals surface area contributed by atoms with Gasteiger partial charge < -0.3 is 0 Å². The zero-order valence-corrected chi connectivity index (χ0v) is 16.5. The fourth-order valence-corrected chi connectivity index (χ4v) is 3.52. The number of hydrogen-bond acceptors (Lipinski definition) is 2. The normalized spacial score (nSPS) is 13.2. The van der Waals surface area contributed by atoms with Gasteiger partial charge in [0.15, 0.2) is 0 Å². The van der Waals surface area contributed by atoms with Crippen molar-refractivity contribution >= 4 is 21.8 Å². The van der Waals surface area contributed by atoms with Gasteiger partial charge in [0.1, 0.15) is 0 Å². The standard InChI is InChI=1S/C25H26N2/c1-17(22-12-11-19-7-5-6-8-23(19)27-22)13-18-9-10-20-15-21(25(2,3)4)16-26-24(20)14-18/h5-12,14-17H,13H2,1-4H3. The van der Waals surface area contributed by atoms with E-state index < -0.39 is 0 Å². The Morgan fingerprint density at radius 3 is 2.44 bits per heavy atom. The molecule has 0 bridgehead atoms. The predicted molar refractivity (Wildman–Crippen MR) is 114 cm³/mol. The molecule has 2 aromatic heterocycles. The lowest BCUT2D eigenvalue weighted by Crippen LogP contribution is -2.11. The summed E-state index contributed by atoms with van der Waals surface area (Å²) in [4.78, 5) is 9.57. The van der Waals surface area contributed by atoms with Crippen LogP contribution >= 0.6 is 0 Å². The summed E-state index contributed by atoms with van der Waals surface area (Å²) in [6.07, 6.45) is 2.98. The number of hydrogen-bond donors (Lipinski definition) is 0. The molecule has 27 heavy (non-hydrogen) atoms. The average Bonchev–Trinajstić information content (AvgIpc) is 2.66. The Morgan fingerprint density at radius 1 is 0.852 bits per heavy atom. The van der Waals surface area contributed by atoms with Crippen LogP contribution in [0.5, 0.6) is 0 Å². The summed E-state index contributed by atoms with van der Waals surface area (Å²) in [6, 6.07) is 21.5. The molecule has 0 aliphatic heterocycles. The molecule has 0 aliphatic rings. The van der Waals surface area contributed by atoms with Crippen LogP contribution in [0.1, 0.15) is 50.4 Å². The molecule has 0 saturated heterocycles. The van der Waals surface area contributed by atoms with Gasteiger partial charge in [-0.3, -0.25) is 9.97 Å². The van der Waals surface area contributed by atoms with E-state index >= 15 is 0 Å². The number of para-hydroxylation sites is 1. The summed E-state index contributed by atoms with van der Waals surface area (Å²) in [5.74, 6) is 0.362. The van der Waals surface area contributed by atoms with E-state index in [9.17, 15) is 0 Å². The van der Waals surface area contributed by atoms with Crippen LogP contribution in [-0.4, -0.2) is 9.97 Å². The van der Waals surface area contributed by atoms with Gasteiger partial charge in [0.05, 0.1) is 11.0 Å². The van der Waals surface area contributed by atoms with Crippen molar-refractivity contribution in [3.8, 4) is 0 Å². The number of rotatable bonds is 3. The van der Waals surface area contributed by atoms with Gasteiger partial charge in [-0.1, -0.05) is 64.1 Å². The Morgan fingerprint density at radius 2 is 1.63 bits per heavy atom. The zero-order chi connectivity index (χ0) is 19.0. The Hall–Kier alpha value is -2.74. The maximum absolute atomic E-state index is 4.86. The van der Waals surface area contributed by atoms with Crippen molar-refractivity contribution in [2.24, 2.45) is 0 Å². The summed E-state index contributed by atoms with van der Waals surface area (Å²) in [6.45, 7) is 8.92. The maximum atomic E-state index is 4.86. The third-order valence-corrected chi connectivity index (χ3v) is 5.28. The molecule has 2 heterocycles. The molecule has 0 amide bonds. The van der Waals surface area contributed by atoms with Crippen LogP contribution in [0, 0.1) is 0 Å². The molecule has 4 rings (SSSR count). The lowest BCUT2D eigenvalue weighted by molar-refractivity contribution is 0.589. The Labute approximate surface area is 161 Å². The molecular formula is C25H26N2. The van der Waals surface area contributed by atoms with Crippen molar-refractivity contribution in [2.45, 2.75) is 45.4 Å². The molecule has 4 aromatic rings. The predicted octanol–water partition coefficient (Wildman–Crippen LogP) is 6.43.